The molecule has 0 radical (unpaired) electrons. The van der Waals surface area contributed by atoms with Gasteiger partial charge in [-0.05, 0) is 43.1 Å². The van der Waals surface area contributed by atoms with Gasteiger partial charge < -0.3 is 5.32 Å². The van der Waals surface area contributed by atoms with Gasteiger partial charge in [-0.1, -0.05) is 63.9 Å². The smallest absolute Gasteiger partial charge is 0.0322 e. The second-order valence-electron chi connectivity index (χ2n) is 7.21. The molecule has 1 aliphatic rings. The summed E-state index contributed by atoms with van der Waals surface area (Å²) in [5.74, 6) is 0. The van der Waals surface area contributed by atoms with Crippen LogP contribution in [0.2, 0.25) is 0 Å². The fourth-order valence-corrected chi connectivity index (χ4v) is 3.43. The van der Waals surface area contributed by atoms with E-state index in [1.54, 1.807) is 0 Å². The van der Waals surface area contributed by atoms with Crippen LogP contribution in [-0.2, 0) is 0 Å². The lowest BCUT2D eigenvalue weighted by atomic mass is 9.85. The molecule has 2 unspecified atom stereocenters. The molecule has 1 nitrogen and oxygen atoms in total. The molecule has 0 spiro atoms. The second-order valence-corrected chi connectivity index (χ2v) is 7.21. The lowest BCUT2D eigenvalue weighted by Crippen LogP contribution is -2.32. The van der Waals surface area contributed by atoms with Gasteiger partial charge in [0.05, 0.1) is 0 Å². The molecule has 1 N–H and O–H groups in total. The first kappa shape index (κ1) is 15.6. The van der Waals surface area contributed by atoms with Gasteiger partial charge in [0.25, 0.3) is 0 Å². The first-order valence-corrected chi connectivity index (χ1v) is 8.42. The third-order valence-corrected chi connectivity index (χ3v) is 4.79. The quantitative estimate of drug-likeness (QED) is 0.701. The first-order chi connectivity index (χ1) is 9.61. The number of rotatable bonds is 5. The van der Waals surface area contributed by atoms with Crippen molar-refractivity contribution in [1.29, 1.82) is 0 Å². The van der Waals surface area contributed by atoms with Crippen molar-refractivity contribution in [3.05, 3.63) is 35.9 Å². The molecule has 0 amide bonds. The fourth-order valence-electron chi connectivity index (χ4n) is 3.43. The van der Waals surface area contributed by atoms with E-state index < -0.39 is 0 Å². The SMILES string of the molecule is CCCC(NC1CCCC(C)(C)CC1)c1ccccc1. The van der Waals surface area contributed by atoms with Crippen molar-refractivity contribution in [3.63, 3.8) is 0 Å². The number of hydrogen-bond acceptors (Lipinski definition) is 1. The predicted molar refractivity (Wildman–Crippen MR) is 87.9 cm³/mol. The molecular weight excluding hydrogens is 242 g/mol. The summed E-state index contributed by atoms with van der Waals surface area (Å²) in [6.07, 6.45) is 9.27. The van der Waals surface area contributed by atoms with E-state index >= 15 is 0 Å². The molecule has 0 saturated heterocycles. The minimum absolute atomic E-state index is 0.535. The Labute approximate surface area is 125 Å². The Hall–Kier alpha value is -0.820. The zero-order valence-corrected chi connectivity index (χ0v) is 13.5. The molecule has 1 saturated carbocycles. The van der Waals surface area contributed by atoms with E-state index in [1.165, 1.54) is 50.5 Å². The van der Waals surface area contributed by atoms with E-state index in [1.807, 2.05) is 0 Å². The van der Waals surface area contributed by atoms with Crippen LogP contribution in [0.25, 0.3) is 0 Å². The zero-order valence-electron chi connectivity index (χ0n) is 13.5. The highest BCUT2D eigenvalue weighted by atomic mass is 14.9. The molecule has 0 aromatic heterocycles. The summed E-state index contributed by atoms with van der Waals surface area (Å²) in [6.45, 7) is 7.14. The highest BCUT2D eigenvalue weighted by molar-refractivity contribution is 5.19. The Kier molecular flexibility index (Phi) is 5.65. The van der Waals surface area contributed by atoms with Gasteiger partial charge in [-0.15, -0.1) is 0 Å². The second kappa shape index (κ2) is 7.26. The molecule has 2 rings (SSSR count). The molecule has 2 atom stereocenters. The molecule has 1 heteroatoms. The Balaban J connectivity index is 1.98. The molecule has 1 aromatic rings. The predicted octanol–water partition coefficient (Wildman–Crippen LogP) is 5.48. The number of benzene rings is 1. The van der Waals surface area contributed by atoms with Crippen molar-refractivity contribution >= 4 is 0 Å². The molecular formula is C19H31N. The maximum atomic E-state index is 3.95. The van der Waals surface area contributed by atoms with Crippen LogP contribution in [0, 0.1) is 5.41 Å². The highest BCUT2D eigenvalue weighted by Gasteiger charge is 2.25. The average molecular weight is 273 g/mol. The van der Waals surface area contributed by atoms with Gasteiger partial charge >= 0.3 is 0 Å². The van der Waals surface area contributed by atoms with Gasteiger partial charge in [-0.25, -0.2) is 0 Å². The Morgan fingerprint density at radius 3 is 2.60 bits per heavy atom. The summed E-state index contributed by atoms with van der Waals surface area (Å²) < 4.78 is 0. The van der Waals surface area contributed by atoms with Crippen LogP contribution in [0.3, 0.4) is 0 Å². The number of hydrogen-bond donors (Lipinski definition) is 1. The zero-order chi connectivity index (χ0) is 14.4. The van der Waals surface area contributed by atoms with E-state index in [0.717, 1.165) is 0 Å². The van der Waals surface area contributed by atoms with Crippen molar-refractivity contribution < 1.29 is 0 Å². The van der Waals surface area contributed by atoms with Crippen LogP contribution < -0.4 is 5.32 Å². The van der Waals surface area contributed by atoms with Crippen LogP contribution in [0.5, 0.6) is 0 Å². The fraction of sp³-hybridized carbons (Fsp3) is 0.684. The van der Waals surface area contributed by atoms with E-state index in [4.69, 9.17) is 0 Å². The standard InChI is InChI=1S/C19H31N/c1-4-9-18(16-10-6-5-7-11-16)20-17-12-8-14-19(2,3)15-13-17/h5-7,10-11,17-18,20H,4,8-9,12-15H2,1-3H3. The van der Waals surface area contributed by atoms with Gasteiger partial charge in [-0.2, -0.15) is 0 Å². The van der Waals surface area contributed by atoms with Crippen LogP contribution in [0.1, 0.15) is 77.3 Å². The summed E-state index contributed by atoms with van der Waals surface area (Å²) in [5.41, 5.74) is 2.00. The molecule has 20 heavy (non-hydrogen) atoms. The van der Waals surface area contributed by atoms with Crippen LogP contribution in [0.4, 0.5) is 0 Å². The van der Waals surface area contributed by atoms with Crippen LogP contribution >= 0.6 is 0 Å². The summed E-state index contributed by atoms with van der Waals surface area (Å²) in [4.78, 5) is 0. The van der Waals surface area contributed by atoms with E-state index in [-0.39, 0.29) is 0 Å². The summed E-state index contributed by atoms with van der Waals surface area (Å²) in [5, 5.41) is 3.95. The summed E-state index contributed by atoms with van der Waals surface area (Å²) >= 11 is 0. The molecule has 0 bridgehead atoms. The molecule has 1 fully saturated rings. The van der Waals surface area contributed by atoms with Gasteiger partial charge in [0.1, 0.15) is 0 Å². The molecule has 1 aromatic carbocycles. The molecule has 112 valence electrons. The Morgan fingerprint density at radius 1 is 1.15 bits per heavy atom. The third kappa shape index (κ3) is 4.63. The highest BCUT2D eigenvalue weighted by Crippen LogP contribution is 2.34. The van der Waals surface area contributed by atoms with Crippen LogP contribution in [0.15, 0.2) is 30.3 Å². The lowest BCUT2D eigenvalue weighted by Gasteiger charge is -2.26. The Morgan fingerprint density at radius 2 is 1.90 bits per heavy atom. The van der Waals surface area contributed by atoms with Crippen molar-refractivity contribution in [2.24, 2.45) is 5.41 Å². The van der Waals surface area contributed by atoms with E-state index in [9.17, 15) is 0 Å². The van der Waals surface area contributed by atoms with E-state index in [0.29, 0.717) is 17.5 Å². The molecule has 0 aliphatic heterocycles. The average Bonchev–Trinajstić information content (AvgIpc) is 2.61. The third-order valence-electron chi connectivity index (χ3n) is 4.79. The lowest BCUT2D eigenvalue weighted by molar-refractivity contribution is 0.305. The van der Waals surface area contributed by atoms with Crippen molar-refractivity contribution in [2.45, 2.75) is 77.8 Å². The molecule has 1 aliphatic carbocycles. The molecule has 0 heterocycles. The van der Waals surface area contributed by atoms with Gasteiger partial charge in [0, 0.05) is 12.1 Å². The Bertz CT molecular complexity index is 382. The largest absolute Gasteiger partial charge is 0.307 e. The minimum Gasteiger partial charge on any atom is -0.307 e. The van der Waals surface area contributed by atoms with Gasteiger partial charge in [-0.3, -0.25) is 0 Å². The maximum absolute atomic E-state index is 3.95. The van der Waals surface area contributed by atoms with Gasteiger partial charge in [0.15, 0.2) is 0 Å². The summed E-state index contributed by atoms with van der Waals surface area (Å²) in [7, 11) is 0. The first-order valence-electron chi connectivity index (χ1n) is 8.42. The topological polar surface area (TPSA) is 12.0 Å². The summed E-state index contributed by atoms with van der Waals surface area (Å²) in [6, 6.07) is 12.2. The van der Waals surface area contributed by atoms with Crippen molar-refractivity contribution in [2.75, 3.05) is 0 Å². The minimum atomic E-state index is 0.535. The number of nitrogens with one attached hydrogen (secondary N) is 1. The van der Waals surface area contributed by atoms with Gasteiger partial charge in [0.2, 0.25) is 0 Å². The monoisotopic (exact) mass is 273 g/mol. The van der Waals surface area contributed by atoms with Crippen molar-refractivity contribution in [1.82, 2.24) is 5.32 Å². The van der Waals surface area contributed by atoms with Crippen molar-refractivity contribution in [3.8, 4) is 0 Å². The van der Waals surface area contributed by atoms with E-state index in [2.05, 4.69) is 56.4 Å². The van der Waals surface area contributed by atoms with Crippen LogP contribution in [-0.4, -0.2) is 6.04 Å². The maximum Gasteiger partial charge on any atom is 0.0322 e. The normalized spacial score (nSPS) is 24.1.